The fraction of sp³-hybridized carbons (Fsp3) is 0.462. The summed E-state index contributed by atoms with van der Waals surface area (Å²) in [5, 5.41) is 3.64. The molecule has 4 nitrogen and oxygen atoms in total. The van der Waals surface area contributed by atoms with Crippen LogP contribution in [0.3, 0.4) is 0 Å². The molecule has 0 radical (unpaired) electrons. The van der Waals surface area contributed by atoms with Crippen molar-refractivity contribution in [3.05, 3.63) is 28.2 Å². The van der Waals surface area contributed by atoms with Crippen LogP contribution in [0.2, 0.25) is 10.0 Å². The molecule has 1 aromatic rings. The van der Waals surface area contributed by atoms with Crippen molar-refractivity contribution in [2.45, 2.75) is 19.3 Å². The zero-order valence-corrected chi connectivity index (χ0v) is 13.4. The van der Waals surface area contributed by atoms with Gasteiger partial charge < -0.3 is 15.8 Å². The SMILES string of the molecule is Cl.NCCCNC(=O)CCCOc1cccc(Cl)c1Cl. The van der Waals surface area contributed by atoms with Crippen LogP contribution in [0, 0.1) is 0 Å². The van der Waals surface area contributed by atoms with Crippen LogP contribution in [0.5, 0.6) is 5.75 Å². The van der Waals surface area contributed by atoms with Gasteiger partial charge in [0.2, 0.25) is 5.91 Å². The van der Waals surface area contributed by atoms with Crippen LogP contribution in [0.4, 0.5) is 0 Å². The van der Waals surface area contributed by atoms with E-state index in [1.54, 1.807) is 18.2 Å². The van der Waals surface area contributed by atoms with Gasteiger partial charge in [-0.25, -0.2) is 0 Å². The number of hydrogen-bond acceptors (Lipinski definition) is 3. The van der Waals surface area contributed by atoms with E-state index in [9.17, 15) is 4.79 Å². The summed E-state index contributed by atoms with van der Waals surface area (Å²) >= 11 is 11.8. The molecule has 0 aliphatic carbocycles. The van der Waals surface area contributed by atoms with Gasteiger partial charge in [0, 0.05) is 13.0 Å². The Kier molecular flexibility index (Phi) is 10.7. The summed E-state index contributed by atoms with van der Waals surface area (Å²) in [7, 11) is 0. The Balaban J connectivity index is 0.00000361. The maximum atomic E-state index is 11.4. The summed E-state index contributed by atoms with van der Waals surface area (Å²) in [5.41, 5.74) is 5.33. The third-order valence-corrected chi connectivity index (χ3v) is 3.23. The van der Waals surface area contributed by atoms with Gasteiger partial charge in [-0.3, -0.25) is 4.79 Å². The van der Waals surface area contributed by atoms with Gasteiger partial charge in [0.15, 0.2) is 0 Å². The van der Waals surface area contributed by atoms with Crippen molar-refractivity contribution in [1.82, 2.24) is 5.32 Å². The predicted molar refractivity (Wildman–Crippen MR) is 85.1 cm³/mol. The number of carbonyl (C=O) groups excluding carboxylic acids is 1. The highest BCUT2D eigenvalue weighted by Gasteiger charge is 2.05. The molecule has 3 N–H and O–H groups in total. The lowest BCUT2D eigenvalue weighted by Gasteiger charge is -2.09. The molecular formula is C13H19Cl3N2O2. The van der Waals surface area contributed by atoms with E-state index in [2.05, 4.69) is 5.32 Å². The number of amides is 1. The molecule has 1 amide bonds. The van der Waals surface area contributed by atoms with Crippen molar-refractivity contribution >= 4 is 41.5 Å². The Morgan fingerprint density at radius 2 is 2.05 bits per heavy atom. The lowest BCUT2D eigenvalue weighted by molar-refractivity contribution is -0.121. The van der Waals surface area contributed by atoms with Gasteiger partial charge in [0.1, 0.15) is 10.8 Å². The molecule has 0 atom stereocenters. The minimum absolute atomic E-state index is 0. The van der Waals surface area contributed by atoms with Crippen LogP contribution in [-0.2, 0) is 4.79 Å². The number of hydrogen-bond donors (Lipinski definition) is 2. The maximum absolute atomic E-state index is 11.4. The Hall–Kier alpha value is -0.680. The third-order valence-electron chi connectivity index (χ3n) is 2.42. The second kappa shape index (κ2) is 11.0. The topological polar surface area (TPSA) is 64.3 Å². The molecular weight excluding hydrogens is 323 g/mol. The van der Waals surface area contributed by atoms with Gasteiger partial charge >= 0.3 is 0 Å². The van der Waals surface area contributed by atoms with Crippen LogP contribution >= 0.6 is 35.6 Å². The van der Waals surface area contributed by atoms with Gasteiger partial charge in [-0.1, -0.05) is 29.3 Å². The number of benzene rings is 1. The highest BCUT2D eigenvalue weighted by molar-refractivity contribution is 6.42. The van der Waals surface area contributed by atoms with Crippen LogP contribution in [0.1, 0.15) is 19.3 Å². The fourth-order valence-electron chi connectivity index (χ4n) is 1.43. The summed E-state index contributed by atoms with van der Waals surface area (Å²) in [6, 6.07) is 5.21. The first-order chi connectivity index (χ1) is 9.15. The van der Waals surface area contributed by atoms with E-state index in [1.165, 1.54) is 0 Å². The minimum Gasteiger partial charge on any atom is -0.492 e. The summed E-state index contributed by atoms with van der Waals surface area (Å²) in [6.45, 7) is 1.62. The van der Waals surface area contributed by atoms with Crippen LogP contribution < -0.4 is 15.8 Å². The average Bonchev–Trinajstić information content (AvgIpc) is 2.39. The van der Waals surface area contributed by atoms with E-state index < -0.39 is 0 Å². The molecule has 20 heavy (non-hydrogen) atoms. The molecule has 7 heteroatoms. The van der Waals surface area contributed by atoms with E-state index in [-0.39, 0.29) is 18.3 Å². The summed E-state index contributed by atoms with van der Waals surface area (Å²) in [4.78, 5) is 11.4. The molecule has 0 unspecified atom stereocenters. The Bertz CT molecular complexity index is 417. The predicted octanol–water partition coefficient (Wildman–Crippen LogP) is 3.04. The Morgan fingerprint density at radius 1 is 1.30 bits per heavy atom. The smallest absolute Gasteiger partial charge is 0.220 e. The van der Waals surface area contributed by atoms with Gasteiger partial charge in [0.05, 0.1) is 11.6 Å². The van der Waals surface area contributed by atoms with Crippen molar-refractivity contribution in [2.75, 3.05) is 19.7 Å². The molecule has 1 aromatic carbocycles. The number of ether oxygens (including phenoxy) is 1. The molecule has 0 saturated carbocycles. The first-order valence-electron chi connectivity index (χ1n) is 6.18. The van der Waals surface area contributed by atoms with Gasteiger partial charge in [-0.05, 0) is 31.5 Å². The van der Waals surface area contributed by atoms with E-state index in [0.717, 1.165) is 6.42 Å². The van der Waals surface area contributed by atoms with Crippen molar-refractivity contribution in [3.8, 4) is 5.75 Å². The molecule has 0 spiro atoms. The molecule has 0 heterocycles. The molecule has 0 aromatic heterocycles. The van der Waals surface area contributed by atoms with Crippen LogP contribution in [0.25, 0.3) is 0 Å². The molecule has 114 valence electrons. The molecule has 0 aliphatic rings. The quantitative estimate of drug-likeness (QED) is 0.714. The number of carbonyl (C=O) groups is 1. The van der Waals surface area contributed by atoms with E-state index >= 15 is 0 Å². The van der Waals surface area contributed by atoms with E-state index in [1.807, 2.05) is 0 Å². The monoisotopic (exact) mass is 340 g/mol. The van der Waals surface area contributed by atoms with E-state index in [0.29, 0.717) is 48.3 Å². The van der Waals surface area contributed by atoms with Crippen molar-refractivity contribution < 1.29 is 9.53 Å². The first kappa shape index (κ1) is 19.3. The normalized spacial score (nSPS) is 9.75. The lowest BCUT2D eigenvalue weighted by atomic mass is 10.3. The largest absolute Gasteiger partial charge is 0.492 e. The minimum atomic E-state index is 0. The molecule has 1 rings (SSSR count). The molecule has 0 fully saturated rings. The zero-order valence-electron chi connectivity index (χ0n) is 11.0. The summed E-state index contributed by atoms with van der Waals surface area (Å²) < 4.78 is 5.48. The molecule has 0 aliphatic heterocycles. The van der Waals surface area contributed by atoms with Crippen LogP contribution in [-0.4, -0.2) is 25.6 Å². The molecule has 0 bridgehead atoms. The van der Waals surface area contributed by atoms with E-state index in [4.69, 9.17) is 33.7 Å². The lowest BCUT2D eigenvalue weighted by Crippen LogP contribution is -2.26. The van der Waals surface area contributed by atoms with Crippen molar-refractivity contribution in [1.29, 1.82) is 0 Å². The molecule has 0 saturated heterocycles. The fourth-order valence-corrected chi connectivity index (χ4v) is 1.78. The van der Waals surface area contributed by atoms with Crippen molar-refractivity contribution in [3.63, 3.8) is 0 Å². The second-order valence-corrected chi connectivity index (χ2v) is 4.78. The highest BCUT2D eigenvalue weighted by atomic mass is 35.5. The van der Waals surface area contributed by atoms with Gasteiger partial charge in [-0.2, -0.15) is 0 Å². The van der Waals surface area contributed by atoms with Crippen molar-refractivity contribution in [2.24, 2.45) is 5.73 Å². The highest BCUT2D eigenvalue weighted by Crippen LogP contribution is 2.31. The number of rotatable bonds is 8. The Morgan fingerprint density at radius 3 is 2.75 bits per heavy atom. The van der Waals surface area contributed by atoms with Crippen LogP contribution in [0.15, 0.2) is 18.2 Å². The summed E-state index contributed by atoms with van der Waals surface area (Å²) in [6.07, 6.45) is 1.83. The third kappa shape index (κ3) is 7.20. The second-order valence-electron chi connectivity index (χ2n) is 4.00. The maximum Gasteiger partial charge on any atom is 0.220 e. The number of nitrogens with two attached hydrogens (primary N) is 1. The average molecular weight is 342 g/mol. The summed E-state index contributed by atoms with van der Waals surface area (Å²) in [5.74, 6) is 0.548. The first-order valence-corrected chi connectivity index (χ1v) is 6.94. The van der Waals surface area contributed by atoms with Gasteiger partial charge in [-0.15, -0.1) is 12.4 Å². The number of halogens is 3. The zero-order chi connectivity index (χ0) is 14.1. The standard InChI is InChI=1S/C13H18Cl2N2O2.ClH/c14-10-4-1-5-11(13(10)15)19-9-2-6-12(18)17-8-3-7-16;/h1,4-5H,2-3,6-9,16H2,(H,17,18);1H. The van der Waals surface area contributed by atoms with Gasteiger partial charge in [0.25, 0.3) is 0 Å². The Labute approximate surface area is 135 Å². The number of nitrogens with one attached hydrogen (secondary N) is 1.